The molecular weight excluding hydrogens is 322 g/mol. The number of carbonyl (C=O) groups is 1. The molecular formula is C18H19N3O2S. The number of methoxy groups -OCH3 is 1. The normalized spacial score (nSPS) is 11.9. The molecule has 0 radical (unpaired) electrons. The summed E-state index contributed by atoms with van der Waals surface area (Å²) >= 11 is 1.55. The van der Waals surface area contributed by atoms with E-state index in [1.807, 2.05) is 55.5 Å². The highest BCUT2D eigenvalue weighted by atomic mass is 32.1. The van der Waals surface area contributed by atoms with Crippen molar-refractivity contribution in [3.8, 4) is 5.75 Å². The molecule has 124 valence electrons. The van der Waals surface area contributed by atoms with E-state index in [4.69, 9.17) is 4.74 Å². The number of amides is 1. The number of rotatable bonds is 6. The molecule has 0 aliphatic heterocycles. The second-order valence-electron chi connectivity index (χ2n) is 5.42. The van der Waals surface area contributed by atoms with Crippen LogP contribution in [0.4, 0.5) is 5.13 Å². The van der Waals surface area contributed by atoms with Gasteiger partial charge in [0.2, 0.25) is 5.91 Å². The third-order valence-corrected chi connectivity index (χ3v) is 4.62. The zero-order chi connectivity index (χ0) is 16.9. The number of fused-ring (bicyclic) bond motifs is 1. The van der Waals surface area contributed by atoms with Crippen LogP contribution in [0.2, 0.25) is 0 Å². The third kappa shape index (κ3) is 3.83. The molecule has 1 aromatic heterocycles. The van der Waals surface area contributed by atoms with Gasteiger partial charge >= 0.3 is 0 Å². The van der Waals surface area contributed by atoms with Gasteiger partial charge in [0, 0.05) is 6.54 Å². The summed E-state index contributed by atoms with van der Waals surface area (Å²) in [4.78, 5) is 16.7. The molecule has 1 heterocycles. The lowest BCUT2D eigenvalue weighted by atomic mass is 10.2. The lowest BCUT2D eigenvalue weighted by Crippen LogP contribution is -2.37. The summed E-state index contributed by atoms with van der Waals surface area (Å²) in [7, 11) is 1.63. The molecule has 0 fully saturated rings. The maximum atomic E-state index is 12.2. The number of ether oxygens (including phenoxy) is 1. The molecule has 0 spiro atoms. The van der Waals surface area contributed by atoms with Gasteiger partial charge in [-0.1, -0.05) is 35.6 Å². The molecule has 2 N–H and O–H groups in total. The molecule has 0 aliphatic rings. The van der Waals surface area contributed by atoms with Crippen LogP contribution in [-0.4, -0.2) is 24.0 Å². The first-order valence-corrected chi connectivity index (χ1v) is 8.50. The molecule has 0 saturated carbocycles. The highest BCUT2D eigenvalue weighted by molar-refractivity contribution is 7.22. The first-order chi connectivity index (χ1) is 11.7. The van der Waals surface area contributed by atoms with Gasteiger partial charge in [-0.05, 0) is 36.8 Å². The van der Waals surface area contributed by atoms with Crippen LogP contribution in [0, 0.1) is 0 Å². The Balaban J connectivity index is 1.55. The molecule has 2 aromatic carbocycles. The van der Waals surface area contributed by atoms with Crippen LogP contribution in [0.1, 0.15) is 12.5 Å². The van der Waals surface area contributed by atoms with Gasteiger partial charge in [-0.25, -0.2) is 4.98 Å². The van der Waals surface area contributed by atoms with Gasteiger partial charge in [-0.3, -0.25) is 4.79 Å². The number of benzene rings is 2. The minimum atomic E-state index is -0.358. The fourth-order valence-electron chi connectivity index (χ4n) is 2.27. The molecule has 3 aromatic rings. The average Bonchev–Trinajstić information content (AvgIpc) is 3.02. The Kier molecular flexibility index (Phi) is 4.96. The van der Waals surface area contributed by atoms with E-state index in [1.54, 1.807) is 18.4 Å². The van der Waals surface area contributed by atoms with Crippen LogP contribution < -0.4 is 15.4 Å². The number of nitrogens with one attached hydrogen (secondary N) is 2. The largest absolute Gasteiger partial charge is 0.497 e. The van der Waals surface area contributed by atoms with Crippen molar-refractivity contribution in [2.24, 2.45) is 0 Å². The van der Waals surface area contributed by atoms with E-state index in [0.29, 0.717) is 6.54 Å². The molecule has 3 rings (SSSR count). The Morgan fingerprint density at radius 1 is 1.21 bits per heavy atom. The van der Waals surface area contributed by atoms with E-state index in [-0.39, 0.29) is 11.9 Å². The van der Waals surface area contributed by atoms with Gasteiger partial charge in [0.05, 0.1) is 17.3 Å². The zero-order valence-corrected chi connectivity index (χ0v) is 14.4. The van der Waals surface area contributed by atoms with Gasteiger partial charge in [-0.2, -0.15) is 0 Å². The van der Waals surface area contributed by atoms with Crippen molar-refractivity contribution in [2.45, 2.75) is 19.5 Å². The molecule has 0 bridgehead atoms. The molecule has 0 aliphatic carbocycles. The summed E-state index contributed by atoms with van der Waals surface area (Å²) in [5.41, 5.74) is 1.96. The van der Waals surface area contributed by atoms with Crippen LogP contribution in [0.25, 0.3) is 10.2 Å². The minimum absolute atomic E-state index is 0.0647. The number of aromatic nitrogens is 1. The summed E-state index contributed by atoms with van der Waals surface area (Å²) in [6, 6.07) is 15.2. The van der Waals surface area contributed by atoms with Crippen molar-refractivity contribution in [3.63, 3.8) is 0 Å². The lowest BCUT2D eigenvalue weighted by Gasteiger charge is -2.13. The van der Waals surface area contributed by atoms with Gasteiger partial charge in [0.1, 0.15) is 11.8 Å². The topological polar surface area (TPSA) is 63.2 Å². The van der Waals surface area contributed by atoms with Gasteiger partial charge in [-0.15, -0.1) is 0 Å². The predicted molar refractivity (Wildman–Crippen MR) is 97.5 cm³/mol. The Morgan fingerprint density at radius 2 is 1.96 bits per heavy atom. The van der Waals surface area contributed by atoms with E-state index in [1.165, 1.54) is 0 Å². The molecule has 6 heteroatoms. The lowest BCUT2D eigenvalue weighted by molar-refractivity contribution is -0.121. The number of nitrogens with zero attached hydrogens (tertiary/aromatic N) is 1. The standard InChI is InChI=1S/C18H19N3O2S/c1-12(20-18-21-15-5-3-4-6-16(15)24-18)17(22)19-11-13-7-9-14(23-2)10-8-13/h3-10,12H,11H2,1-2H3,(H,19,22)(H,20,21)/t12-/m1/s1. The van der Waals surface area contributed by atoms with Crippen LogP contribution in [-0.2, 0) is 11.3 Å². The Morgan fingerprint density at radius 3 is 2.67 bits per heavy atom. The van der Waals surface area contributed by atoms with Crippen molar-refractivity contribution in [2.75, 3.05) is 12.4 Å². The first kappa shape index (κ1) is 16.3. The SMILES string of the molecule is COc1ccc(CNC(=O)[C@@H](C)Nc2nc3ccccc3s2)cc1. The van der Waals surface area contributed by atoms with Gasteiger partial charge < -0.3 is 15.4 Å². The first-order valence-electron chi connectivity index (χ1n) is 7.68. The number of carbonyl (C=O) groups excluding carboxylic acids is 1. The summed E-state index contributed by atoms with van der Waals surface area (Å²) < 4.78 is 6.22. The average molecular weight is 341 g/mol. The number of hydrogen-bond acceptors (Lipinski definition) is 5. The fraction of sp³-hybridized carbons (Fsp3) is 0.222. The fourth-order valence-corrected chi connectivity index (χ4v) is 3.22. The van der Waals surface area contributed by atoms with Crippen molar-refractivity contribution in [1.82, 2.24) is 10.3 Å². The Bertz CT molecular complexity index is 797. The molecule has 0 saturated heterocycles. The monoisotopic (exact) mass is 341 g/mol. The second-order valence-corrected chi connectivity index (χ2v) is 6.45. The predicted octanol–water partition coefficient (Wildman–Crippen LogP) is 3.42. The van der Waals surface area contributed by atoms with Gasteiger partial charge in [0.25, 0.3) is 0 Å². The molecule has 1 amide bonds. The second kappa shape index (κ2) is 7.31. The summed E-state index contributed by atoms with van der Waals surface area (Å²) in [6.07, 6.45) is 0. The third-order valence-electron chi connectivity index (χ3n) is 3.65. The number of hydrogen-bond donors (Lipinski definition) is 2. The maximum Gasteiger partial charge on any atom is 0.242 e. The zero-order valence-electron chi connectivity index (χ0n) is 13.6. The van der Waals surface area contributed by atoms with E-state index in [9.17, 15) is 4.79 Å². The van der Waals surface area contributed by atoms with E-state index >= 15 is 0 Å². The van der Waals surface area contributed by atoms with Crippen molar-refractivity contribution in [3.05, 3.63) is 54.1 Å². The summed E-state index contributed by atoms with van der Waals surface area (Å²) in [5, 5.41) is 6.84. The summed E-state index contributed by atoms with van der Waals surface area (Å²) in [6.45, 7) is 2.31. The van der Waals surface area contributed by atoms with Crippen LogP contribution in [0.15, 0.2) is 48.5 Å². The Hall–Kier alpha value is -2.60. The van der Waals surface area contributed by atoms with E-state index in [2.05, 4.69) is 15.6 Å². The van der Waals surface area contributed by atoms with E-state index < -0.39 is 0 Å². The molecule has 24 heavy (non-hydrogen) atoms. The number of thiazole rings is 1. The van der Waals surface area contributed by atoms with E-state index in [0.717, 1.165) is 26.7 Å². The molecule has 1 atom stereocenters. The van der Waals surface area contributed by atoms with Crippen LogP contribution in [0.5, 0.6) is 5.75 Å². The summed E-state index contributed by atoms with van der Waals surface area (Å²) in [5.74, 6) is 0.737. The molecule has 0 unspecified atom stereocenters. The van der Waals surface area contributed by atoms with Gasteiger partial charge in [0.15, 0.2) is 5.13 Å². The van der Waals surface area contributed by atoms with Crippen LogP contribution in [0.3, 0.4) is 0 Å². The Labute approximate surface area is 144 Å². The molecule has 5 nitrogen and oxygen atoms in total. The van der Waals surface area contributed by atoms with Crippen molar-refractivity contribution < 1.29 is 9.53 Å². The number of anilines is 1. The van der Waals surface area contributed by atoms with Crippen molar-refractivity contribution in [1.29, 1.82) is 0 Å². The van der Waals surface area contributed by atoms with Crippen LogP contribution >= 0.6 is 11.3 Å². The quantitative estimate of drug-likeness (QED) is 0.721. The highest BCUT2D eigenvalue weighted by Crippen LogP contribution is 2.25. The smallest absolute Gasteiger partial charge is 0.242 e. The minimum Gasteiger partial charge on any atom is -0.497 e. The van der Waals surface area contributed by atoms with Crippen molar-refractivity contribution >= 4 is 32.6 Å². The highest BCUT2D eigenvalue weighted by Gasteiger charge is 2.14. The maximum absolute atomic E-state index is 12.2. The number of para-hydroxylation sites is 1.